The van der Waals surface area contributed by atoms with Gasteiger partial charge in [0.25, 0.3) is 0 Å². The summed E-state index contributed by atoms with van der Waals surface area (Å²) in [6.07, 6.45) is 2.55. The molecule has 1 aromatic rings. The Morgan fingerprint density at radius 1 is 1.26 bits per heavy atom. The maximum atomic E-state index is 11.7. The normalized spacial score (nSPS) is 17.8. The van der Waals surface area contributed by atoms with Gasteiger partial charge in [-0.2, -0.15) is 0 Å². The molecule has 0 spiro atoms. The number of hydrogen-bond acceptors (Lipinski definition) is 2. The number of rotatable bonds is 7. The fourth-order valence-corrected chi connectivity index (χ4v) is 2.12. The summed E-state index contributed by atoms with van der Waals surface area (Å²) in [4.78, 5) is 11.7. The van der Waals surface area contributed by atoms with Gasteiger partial charge in [0.1, 0.15) is 0 Å². The molecule has 1 aliphatic rings. The molecule has 104 valence electrons. The number of hydrogen-bond donors (Lipinski definition) is 2. The Morgan fingerprint density at radius 2 is 1.95 bits per heavy atom. The first-order chi connectivity index (χ1) is 9.16. The first-order valence-electron chi connectivity index (χ1n) is 7.22. The van der Waals surface area contributed by atoms with Gasteiger partial charge in [0.2, 0.25) is 5.91 Å². The van der Waals surface area contributed by atoms with Gasteiger partial charge in [-0.25, -0.2) is 0 Å². The first kappa shape index (κ1) is 14.1. The SMILES string of the molecule is C[C@H](c1ccccc1)[C@@H](C)NCC(=O)NCC1CC1. The van der Waals surface area contributed by atoms with Crippen LogP contribution in [0, 0.1) is 5.92 Å². The molecule has 19 heavy (non-hydrogen) atoms. The Labute approximate surface area is 115 Å². The topological polar surface area (TPSA) is 41.1 Å². The minimum Gasteiger partial charge on any atom is -0.355 e. The van der Waals surface area contributed by atoms with E-state index in [1.807, 2.05) is 6.07 Å². The van der Waals surface area contributed by atoms with Gasteiger partial charge in [0.05, 0.1) is 6.54 Å². The van der Waals surface area contributed by atoms with E-state index in [0.717, 1.165) is 12.5 Å². The van der Waals surface area contributed by atoms with Crippen LogP contribution in [0.3, 0.4) is 0 Å². The van der Waals surface area contributed by atoms with Crippen molar-refractivity contribution in [2.24, 2.45) is 5.92 Å². The van der Waals surface area contributed by atoms with Crippen molar-refractivity contribution in [3.63, 3.8) is 0 Å². The predicted octanol–water partition coefficient (Wildman–Crippen LogP) is 2.29. The van der Waals surface area contributed by atoms with E-state index < -0.39 is 0 Å². The minimum atomic E-state index is 0.110. The van der Waals surface area contributed by atoms with Gasteiger partial charge in [-0.1, -0.05) is 37.3 Å². The molecule has 0 bridgehead atoms. The molecule has 0 heterocycles. The summed E-state index contributed by atoms with van der Waals surface area (Å²) >= 11 is 0. The van der Waals surface area contributed by atoms with Crippen molar-refractivity contribution >= 4 is 5.91 Å². The predicted molar refractivity (Wildman–Crippen MR) is 78.1 cm³/mol. The zero-order valence-corrected chi connectivity index (χ0v) is 11.9. The van der Waals surface area contributed by atoms with Gasteiger partial charge >= 0.3 is 0 Å². The molecule has 1 amide bonds. The molecule has 1 saturated carbocycles. The second-order valence-electron chi connectivity index (χ2n) is 5.62. The molecule has 2 rings (SSSR count). The first-order valence-corrected chi connectivity index (χ1v) is 7.22. The summed E-state index contributed by atoms with van der Waals surface area (Å²) in [6.45, 7) is 5.58. The quantitative estimate of drug-likeness (QED) is 0.790. The molecule has 0 radical (unpaired) electrons. The minimum absolute atomic E-state index is 0.110. The maximum Gasteiger partial charge on any atom is 0.233 e. The zero-order chi connectivity index (χ0) is 13.7. The molecule has 2 atom stereocenters. The molecule has 0 aliphatic heterocycles. The van der Waals surface area contributed by atoms with E-state index in [0.29, 0.717) is 12.5 Å². The van der Waals surface area contributed by atoms with E-state index in [-0.39, 0.29) is 11.9 Å². The number of carbonyl (C=O) groups excluding carboxylic acids is 1. The Kier molecular flexibility index (Phi) is 4.97. The van der Waals surface area contributed by atoms with Crippen LogP contribution in [0.5, 0.6) is 0 Å². The average Bonchev–Trinajstić information content (AvgIpc) is 3.26. The smallest absolute Gasteiger partial charge is 0.233 e. The second kappa shape index (κ2) is 6.71. The summed E-state index contributed by atoms with van der Waals surface area (Å²) in [5, 5.41) is 6.29. The van der Waals surface area contributed by atoms with Crippen LogP contribution in [0.1, 0.15) is 38.2 Å². The molecule has 0 aromatic heterocycles. The van der Waals surface area contributed by atoms with Crippen LogP contribution >= 0.6 is 0 Å². The molecule has 3 nitrogen and oxygen atoms in total. The lowest BCUT2D eigenvalue weighted by Gasteiger charge is -2.21. The Morgan fingerprint density at radius 3 is 2.58 bits per heavy atom. The number of carbonyl (C=O) groups is 1. The number of benzene rings is 1. The Balaban J connectivity index is 1.70. The van der Waals surface area contributed by atoms with E-state index in [9.17, 15) is 4.79 Å². The summed E-state index contributed by atoms with van der Waals surface area (Å²) in [5.41, 5.74) is 1.31. The van der Waals surface area contributed by atoms with Crippen molar-refractivity contribution in [2.75, 3.05) is 13.1 Å². The molecular weight excluding hydrogens is 236 g/mol. The van der Waals surface area contributed by atoms with Crippen molar-refractivity contribution < 1.29 is 4.79 Å². The summed E-state index contributed by atoms with van der Waals surface area (Å²) in [5.74, 6) is 1.25. The van der Waals surface area contributed by atoms with E-state index in [1.54, 1.807) is 0 Å². The van der Waals surface area contributed by atoms with Crippen molar-refractivity contribution in [1.82, 2.24) is 10.6 Å². The van der Waals surface area contributed by atoms with Crippen LogP contribution in [-0.4, -0.2) is 25.0 Å². The highest BCUT2D eigenvalue weighted by molar-refractivity contribution is 5.78. The molecular formula is C16H24N2O. The van der Waals surface area contributed by atoms with Crippen molar-refractivity contribution in [1.29, 1.82) is 0 Å². The standard InChI is InChI=1S/C16H24N2O/c1-12(15-6-4-3-5-7-15)13(2)17-11-16(19)18-10-14-8-9-14/h3-7,12-14,17H,8-11H2,1-2H3,(H,18,19)/t12-,13+/m0/s1. The average molecular weight is 260 g/mol. The molecule has 0 saturated heterocycles. The summed E-state index contributed by atoms with van der Waals surface area (Å²) < 4.78 is 0. The highest BCUT2D eigenvalue weighted by Gasteiger charge is 2.21. The van der Waals surface area contributed by atoms with Gasteiger partial charge in [-0.05, 0) is 37.2 Å². The van der Waals surface area contributed by atoms with Crippen molar-refractivity contribution in [3.8, 4) is 0 Å². The van der Waals surface area contributed by atoms with Gasteiger partial charge < -0.3 is 10.6 Å². The molecule has 1 fully saturated rings. The van der Waals surface area contributed by atoms with Crippen LogP contribution in [0.15, 0.2) is 30.3 Å². The Hall–Kier alpha value is -1.35. The van der Waals surface area contributed by atoms with E-state index in [2.05, 4.69) is 48.7 Å². The lowest BCUT2D eigenvalue weighted by Crippen LogP contribution is -2.40. The summed E-state index contributed by atoms with van der Waals surface area (Å²) in [6, 6.07) is 10.7. The van der Waals surface area contributed by atoms with Gasteiger partial charge in [-0.15, -0.1) is 0 Å². The third-order valence-corrected chi connectivity index (χ3v) is 3.94. The molecule has 0 unspecified atom stereocenters. The van der Waals surface area contributed by atoms with Crippen molar-refractivity contribution in [3.05, 3.63) is 35.9 Å². The van der Waals surface area contributed by atoms with Gasteiger partial charge in [0.15, 0.2) is 0 Å². The van der Waals surface area contributed by atoms with Crippen LogP contribution in [0.4, 0.5) is 0 Å². The third kappa shape index (κ3) is 4.67. The third-order valence-electron chi connectivity index (χ3n) is 3.94. The molecule has 3 heteroatoms. The highest BCUT2D eigenvalue weighted by Crippen LogP contribution is 2.27. The Bertz CT molecular complexity index is 400. The van der Waals surface area contributed by atoms with Gasteiger partial charge in [-0.3, -0.25) is 4.79 Å². The molecule has 1 aromatic carbocycles. The maximum absolute atomic E-state index is 11.7. The fourth-order valence-electron chi connectivity index (χ4n) is 2.12. The van der Waals surface area contributed by atoms with E-state index >= 15 is 0 Å². The highest BCUT2D eigenvalue weighted by atomic mass is 16.1. The largest absolute Gasteiger partial charge is 0.355 e. The lowest BCUT2D eigenvalue weighted by molar-refractivity contribution is -0.120. The molecule has 1 aliphatic carbocycles. The number of amides is 1. The van der Waals surface area contributed by atoms with Crippen LogP contribution in [-0.2, 0) is 4.79 Å². The van der Waals surface area contributed by atoms with Crippen LogP contribution in [0.2, 0.25) is 0 Å². The monoisotopic (exact) mass is 260 g/mol. The van der Waals surface area contributed by atoms with Crippen molar-refractivity contribution in [2.45, 2.75) is 38.6 Å². The van der Waals surface area contributed by atoms with E-state index in [4.69, 9.17) is 0 Å². The van der Waals surface area contributed by atoms with Gasteiger partial charge in [0, 0.05) is 12.6 Å². The van der Waals surface area contributed by atoms with E-state index in [1.165, 1.54) is 18.4 Å². The second-order valence-corrected chi connectivity index (χ2v) is 5.62. The number of nitrogens with one attached hydrogen (secondary N) is 2. The summed E-state index contributed by atoms with van der Waals surface area (Å²) in [7, 11) is 0. The fraction of sp³-hybridized carbons (Fsp3) is 0.562. The molecule has 2 N–H and O–H groups in total. The van der Waals surface area contributed by atoms with Crippen LogP contribution < -0.4 is 10.6 Å². The zero-order valence-electron chi connectivity index (χ0n) is 11.9. The van der Waals surface area contributed by atoms with Crippen LogP contribution in [0.25, 0.3) is 0 Å². The lowest BCUT2D eigenvalue weighted by atomic mass is 9.94.